The normalized spacial score (nSPS) is 14.2. The molecule has 2 heterocycles. The average Bonchev–Trinajstić information content (AvgIpc) is 2.74. The van der Waals surface area contributed by atoms with E-state index < -0.39 is 0 Å². The number of benzene rings is 1. The third-order valence-electron chi connectivity index (χ3n) is 4.57. The van der Waals surface area contributed by atoms with Gasteiger partial charge in [0.1, 0.15) is 11.5 Å². The molecule has 27 heavy (non-hydrogen) atoms. The Hall–Kier alpha value is -2.47. The van der Waals surface area contributed by atoms with Crippen molar-refractivity contribution in [3.05, 3.63) is 42.1 Å². The summed E-state index contributed by atoms with van der Waals surface area (Å²) in [5.74, 6) is 1.37. The fraction of sp³-hybridized carbons (Fsp3) is 0.476. The minimum Gasteiger partial charge on any atom is -0.378 e. The second kappa shape index (κ2) is 9.46. The van der Waals surface area contributed by atoms with Crippen LogP contribution in [0.4, 0.5) is 5.82 Å². The zero-order chi connectivity index (χ0) is 19.1. The van der Waals surface area contributed by atoms with E-state index in [1.165, 1.54) is 0 Å². The topological polar surface area (TPSA) is 58.6 Å². The highest BCUT2D eigenvalue weighted by molar-refractivity contribution is 5.93. The van der Waals surface area contributed by atoms with Crippen molar-refractivity contribution in [3.63, 3.8) is 0 Å². The quantitative estimate of drug-likeness (QED) is 0.751. The average molecular weight is 368 g/mol. The number of hydrogen-bond acceptors (Lipinski definition) is 5. The standard InChI is InChI=1S/C21H28N4O2/c1-3-10-25(11-4-2)21(26)18-16-19(24-12-14-27-15-13-24)23-20(22-18)17-8-6-5-7-9-17/h5-9,16H,3-4,10-15H2,1-2H3. The van der Waals surface area contributed by atoms with Crippen molar-refractivity contribution < 1.29 is 9.53 Å². The number of anilines is 1. The second-order valence-corrected chi connectivity index (χ2v) is 6.69. The first kappa shape index (κ1) is 19.3. The lowest BCUT2D eigenvalue weighted by Crippen LogP contribution is -2.37. The summed E-state index contributed by atoms with van der Waals surface area (Å²) in [5, 5.41) is 0. The van der Waals surface area contributed by atoms with Crippen LogP contribution in [0.3, 0.4) is 0 Å². The summed E-state index contributed by atoms with van der Waals surface area (Å²) >= 11 is 0. The van der Waals surface area contributed by atoms with Gasteiger partial charge >= 0.3 is 0 Å². The summed E-state index contributed by atoms with van der Waals surface area (Å²) < 4.78 is 5.46. The Morgan fingerprint density at radius 3 is 2.37 bits per heavy atom. The lowest BCUT2D eigenvalue weighted by molar-refractivity contribution is 0.0749. The van der Waals surface area contributed by atoms with Gasteiger partial charge in [0, 0.05) is 37.8 Å². The monoisotopic (exact) mass is 368 g/mol. The van der Waals surface area contributed by atoms with E-state index in [0.29, 0.717) is 24.7 Å². The molecule has 1 aliphatic heterocycles. The summed E-state index contributed by atoms with van der Waals surface area (Å²) in [6.07, 6.45) is 1.86. The van der Waals surface area contributed by atoms with Gasteiger partial charge in [0.15, 0.2) is 5.82 Å². The predicted octanol–water partition coefficient (Wildman–Crippen LogP) is 3.24. The Bertz CT molecular complexity index is 739. The molecular weight excluding hydrogens is 340 g/mol. The van der Waals surface area contributed by atoms with Gasteiger partial charge in [0.05, 0.1) is 13.2 Å². The second-order valence-electron chi connectivity index (χ2n) is 6.69. The number of carbonyl (C=O) groups is 1. The number of nitrogens with zero attached hydrogens (tertiary/aromatic N) is 4. The third-order valence-corrected chi connectivity index (χ3v) is 4.57. The number of aromatic nitrogens is 2. The van der Waals surface area contributed by atoms with Gasteiger partial charge in [-0.3, -0.25) is 4.79 Å². The summed E-state index contributed by atoms with van der Waals surface area (Å²) in [6.45, 7) is 8.54. The SMILES string of the molecule is CCCN(CCC)C(=O)c1cc(N2CCOCC2)nc(-c2ccccc2)n1. The molecule has 144 valence electrons. The maximum absolute atomic E-state index is 13.1. The van der Waals surface area contributed by atoms with E-state index in [-0.39, 0.29) is 5.91 Å². The Morgan fingerprint density at radius 2 is 1.74 bits per heavy atom. The Kier molecular flexibility index (Phi) is 6.76. The molecule has 3 rings (SSSR count). The zero-order valence-electron chi connectivity index (χ0n) is 16.2. The van der Waals surface area contributed by atoms with Gasteiger partial charge in [-0.05, 0) is 12.8 Å². The maximum atomic E-state index is 13.1. The van der Waals surface area contributed by atoms with Gasteiger partial charge in [-0.15, -0.1) is 0 Å². The van der Waals surface area contributed by atoms with Crippen LogP contribution < -0.4 is 4.90 Å². The maximum Gasteiger partial charge on any atom is 0.272 e. The van der Waals surface area contributed by atoms with Crippen molar-refractivity contribution in [1.82, 2.24) is 14.9 Å². The van der Waals surface area contributed by atoms with Crippen LogP contribution in [-0.4, -0.2) is 60.2 Å². The van der Waals surface area contributed by atoms with E-state index in [2.05, 4.69) is 23.7 Å². The van der Waals surface area contributed by atoms with E-state index in [1.807, 2.05) is 41.3 Å². The molecule has 1 aliphatic rings. The highest BCUT2D eigenvalue weighted by Gasteiger charge is 2.21. The molecule has 2 aromatic rings. The number of rotatable bonds is 7. The molecule has 0 unspecified atom stereocenters. The largest absolute Gasteiger partial charge is 0.378 e. The molecule has 6 heteroatoms. The molecule has 0 radical (unpaired) electrons. The molecule has 0 atom stereocenters. The Balaban J connectivity index is 1.99. The number of hydrogen-bond donors (Lipinski definition) is 0. The lowest BCUT2D eigenvalue weighted by atomic mass is 10.2. The highest BCUT2D eigenvalue weighted by Crippen LogP contribution is 2.22. The Labute approximate surface area is 161 Å². The van der Waals surface area contributed by atoms with Gasteiger partial charge < -0.3 is 14.5 Å². The first-order chi connectivity index (χ1) is 13.2. The van der Waals surface area contributed by atoms with E-state index in [4.69, 9.17) is 9.72 Å². The van der Waals surface area contributed by atoms with E-state index in [0.717, 1.165) is 50.4 Å². The van der Waals surface area contributed by atoms with Crippen LogP contribution in [0.2, 0.25) is 0 Å². The molecule has 1 saturated heterocycles. The lowest BCUT2D eigenvalue weighted by Gasteiger charge is -2.28. The minimum absolute atomic E-state index is 0.0206. The van der Waals surface area contributed by atoms with Crippen LogP contribution in [0.15, 0.2) is 36.4 Å². The Morgan fingerprint density at radius 1 is 1.07 bits per heavy atom. The molecule has 1 aromatic carbocycles. The highest BCUT2D eigenvalue weighted by atomic mass is 16.5. The third kappa shape index (κ3) is 4.83. The molecule has 0 aliphatic carbocycles. The number of ether oxygens (including phenoxy) is 1. The first-order valence-electron chi connectivity index (χ1n) is 9.79. The van der Waals surface area contributed by atoms with Crippen molar-refractivity contribution >= 4 is 11.7 Å². The summed E-state index contributed by atoms with van der Waals surface area (Å²) in [5.41, 5.74) is 1.38. The van der Waals surface area contributed by atoms with Crippen molar-refractivity contribution in [2.24, 2.45) is 0 Å². The fourth-order valence-electron chi connectivity index (χ4n) is 3.23. The van der Waals surface area contributed by atoms with Crippen molar-refractivity contribution in [2.45, 2.75) is 26.7 Å². The first-order valence-corrected chi connectivity index (χ1v) is 9.79. The van der Waals surface area contributed by atoms with Crippen LogP contribution in [-0.2, 0) is 4.74 Å². The van der Waals surface area contributed by atoms with Crippen LogP contribution in [0.25, 0.3) is 11.4 Å². The molecule has 1 fully saturated rings. The van der Waals surface area contributed by atoms with E-state index in [9.17, 15) is 4.79 Å². The van der Waals surface area contributed by atoms with Crippen molar-refractivity contribution in [2.75, 3.05) is 44.3 Å². The summed E-state index contributed by atoms with van der Waals surface area (Å²) in [6, 6.07) is 11.7. The predicted molar refractivity (Wildman–Crippen MR) is 107 cm³/mol. The molecule has 0 spiro atoms. The molecule has 6 nitrogen and oxygen atoms in total. The van der Waals surface area contributed by atoms with Gasteiger partial charge in [-0.25, -0.2) is 9.97 Å². The number of amides is 1. The van der Waals surface area contributed by atoms with Gasteiger partial charge in [0.2, 0.25) is 0 Å². The summed E-state index contributed by atoms with van der Waals surface area (Å²) in [7, 11) is 0. The van der Waals surface area contributed by atoms with Gasteiger partial charge in [-0.1, -0.05) is 44.2 Å². The van der Waals surface area contributed by atoms with Gasteiger partial charge in [-0.2, -0.15) is 0 Å². The zero-order valence-corrected chi connectivity index (χ0v) is 16.2. The fourth-order valence-corrected chi connectivity index (χ4v) is 3.23. The van der Waals surface area contributed by atoms with Crippen LogP contribution >= 0.6 is 0 Å². The van der Waals surface area contributed by atoms with E-state index in [1.54, 1.807) is 0 Å². The van der Waals surface area contributed by atoms with Crippen molar-refractivity contribution in [3.8, 4) is 11.4 Å². The molecule has 0 saturated carbocycles. The molecule has 1 aromatic heterocycles. The molecule has 0 N–H and O–H groups in total. The van der Waals surface area contributed by atoms with Crippen LogP contribution in [0.1, 0.15) is 37.2 Å². The van der Waals surface area contributed by atoms with E-state index >= 15 is 0 Å². The minimum atomic E-state index is -0.0206. The summed E-state index contributed by atoms with van der Waals surface area (Å²) in [4.78, 5) is 26.6. The molecule has 0 bridgehead atoms. The smallest absolute Gasteiger partial charge is 0.272 e. The number of morpholine rings is 1. The van der Waals surface area contributed by atoms with Crippen LogP contribution in [0, 0.1) is 0 Å². The van der Waals surface area contributed by atoms with Crippen LogP contribution in [0.5, 0.6) is 0 Å². The van der Waals surface area contributed by atoms with Gasteiger partial charge in [0.25, 0.3) is 5.91 Å². The van der Waals surface area contributed by atoms with Crippen molar-refractivity contribution in [1.29, 1.82) is 0 Å². The molecular formula is C21H28N4O2. The molecule has 1 amide bonds. The number of carbonyl (C=O) groups excluding carboxylic acids is 1.